The Labute approximate surface area is 87.9 Å². The van der Waals surface area contributed by atoms with Crippen LogP contribution in [-0.4, -0.2) is 58.8 Å². The zero-order chi connectivity index (χ0) is 12.7. The molecular weight excluding hydrogens is 208 g/mol. The van der Waals surface area contributed by atoms with E-state index in [-0.39, 0.29) is 19.8 Å². The Balaban J connectivity index is -0.000000155. The Morgan fingerprint density at radius 1 is 1.13 bits per heavy atom. The van der Waals surface area contributed by atoms with Crippen LogP contribution in [0.5, 0.6) is 0 Å². The molecule has 0 atom stereocenters. The van der Waals surface area contributed by atoms with E-state index in [2.05, 4.69) is 4.74 Å². The van der Waals surface area contributed by atoms with Crippen molar-refractivity contribution >= 4 is 11.9 Å². The molecule has 4 N–H and O–H groups in total. The normalized spacial score (nSPS) is 7.73. The molecule has 0 radical (unpaired) electrons. The van der Waals surface area contributed by atoms with Crippen molar-refractivity contribution in [2.24, 2.45) is 0 Å². The van der Waals surface area contributed by atoms with E-state index in [0.717, 1.165) is 6.92 Å². The summed E-state index contributed by atoms with van der Waals surface area (Å²) in [7, 11) is 0. The predicted molar refractivity (Wildman–Crippen MR) is 51.6 cm³/mol. The molecule has 0 heterocycles. The van der Waals surface area contributed by atoms with E-state index in [1.165, 1.54) is 0 Å². The number of ether oxygens (including phenoxy) is 1. The first kappa shape index (κ1) is 19.4. The Morgan fingerprint density at radius 2 is 1.47 bits per heavy atom. The molecule has 0 saturated heterocycles. The second-order valence-electron chi connectivity index (χ2n) is 2.00. The van der Waals surface area contributed by atoms with Crippen molar-refractivity contribution in [3.8, 4) is 0 Å². The summed E-state index contributed by atoms with van der Waals surface area (Å²) in [6.07, 6.45) is 0. The molecule has 0 unspecified atom stereocenters. The van der Waals surface area contributed by atoms with Gasteiger partial charge in [-0.25, -0.2) is 4.79 Å². The molecule has 0 aliphatic carbocycles. The van der Waals surface area contributed by atoms with Crippen LogP contribution < -0.4 is 0 Å². The third-order valence-corrected chi connectivity index (χ3v) is 0.530. The molecule has 0 rings (SSSR count). The van der Waals surface area contributed by atoms with Gasteiger partial charge in [-0.05, 0) is 6.92 Å². The molecule has 0 fully saturated rings. The van der Waals surface area contributed by atoms with Crippen LogP contribution in [0, 0.1) is 0 Å². The monoisotopic (exact) mass is 226 g/mol. The molecular formula is C8H18O7. The molecule has 0 bridgehead atoms. The average molecular weight is 226 g/mol. The lowest BCUT2D eigenvalue weighted by molar-refractivity contribution is -0.142. The molecule has 0 saturated carbocycles. The van der Waals surface area contributed by atoms with Gasteiger partial charge in [0, 0.05) is 13.5 Å². The highest BCUT2D eigenvalue weighted by molar-refractivity contribution is 5.67. The molecule has 92 valence electrons. The first-order valence-electron chi connectivity index (χ1n) is 4.13. The number of aliphatic hydroxyl groups excluding tert-OH is 2. The number of carboxylic acid groups (broad SMARTS) is 2. The Kier molecular flexibility index (Phi) is 24.0. The highest BCUT2D eigenvalue weighted by Crippen LogP contribution is 1.69. The van der Waals surface area contributed by atoms with E-state index >= 15 is 0 Å². The summed E-state index contributed by atoms with van der Waals surface area (Å²) in [6.45, 7) is 2.87. The van der Waals surface area contributed by atoms with Gasteiger partial charge in [0.15, 0.2) is 0 Å². The molecule has 0 spiro atoms. The van der Waals surface area contributed by atoms with Crippen LogP contribution in [0.2, 0.25) is 0 Å². The van der Waals surface area contributed by atoms with Crippen molar-refractivity contribution < 1.29 is 34.8 Å². The molecule has 0 aliphatic heterocycles. The van der Waals surface area contributed by atoms with E-state index in [0.29, 0.717) is 6.61 Å². The van der Waals surface area contributed by atoms with Crippen LogP contribution in [-0.2, 0) is 14.3 Å². The maximum atomic E-state index is 9.63. The van der Waals surface area contributed by atoms with Gasteiger partial charge in [-0.1, -0.05) is 0 Å². The lowest BCUT2D eigenvalue weighted by Gasteiger charge is -1.90. The number of hydrogen-bond acceptors (Lipinski definition) is 5. The topological polar surface area (TPSA) is 124 Å². The van der Waals surface area contributed by atoms with Crippen LogP contribution in [0.15, 0.2) is 0 Å². The van der Waals surface area contributed by atoms with Crippen molar-refractivity contribution in [3.63, 3.8) is 0 Å². The van der Waals surface area contributed by atoms with E-state index in [9.17, 15) is 4.79 Å². The number of carboxylic acids is 2. The third-order valence-electron chi connectivity index (χ3n) is 0.530. The SMILES string of the molecule is CC(=O)O.CCOCC(=O)O.OCCO. The van der Waals surface area contributed by atoms with Crippen LogP contribution in [0.1, 0.15) is 13.8 Å². The maximum Gasteiger partial charge on any atom is 0.329 e. The van der Waals surface area contributed by atoms with Gasteiger partial charge in [0.05, 0.1) is 13.2 Å². The Morgan fingerprint density at radius 3 is 1.53 bits per heavy atom. The largest absolute Gasteiger partial charge is 0.481 e. The smallest absolute Gasteiger partial charge is 0.329 e. The van der Waals surface area contributed by atoms with Crippen LogP contribution in [0.3, 0.4) is 0 Å². The first-order chi connectivity index (χ1) is 6.92. The van der Waals surface area contributed by atoms with Crippen molar-refractivity contribution in [2.75, 3.05) is 26.4 Å². The number of hydrogen-bond donors (Lipinski definition) is 4. The summed E-state index contributed by atoms with van der Waals surface area (Å²) in [6, 6.07) is 0. The van der Waals surface area contributed by atoms with Gasteiger partial charge in [-0.3, -0.25) is 4.79 Å². The molecule has 0 aliphatic rings. The molecule has 0 aromatic rings. The second kappa shape index (κ2) is 18.6. The Hall–Kier alpha value is -1.18. The first-order valence-corrected chi connectivity index (χ1v) is 4.13. The van der Waals surface area contributed by atoms with E-state index in [1.807, 2.05) is 0 Å². The maximum absolute atomic E-state index is 9.63. The van der Waals surface area contributed by atoms with E-state index < -0.39 is 11.9 Å². The van der Waals surface area contributed by atoms with Crippen molar-refractivity contribution in [1.29, 1.82) is 0 Å². The quantitative estimate of drug-likeness (QED) is 0.493. The summed E-state index contributed by atoms with van der Waals surface area (Å²) in [4.78, 5) is 18.6. The zero-order valence-corrected chi connectivity index (χ0v) is 8.84. The van der Waals surface area contributed by atoms with Gasteiger partial charge >= 0.3 is 5.97 Å². The molecule has 0 aromatic heterocycles. The van der Waals surface area contributed by atoms with Crippen molar-refractivity contribution in [3.05, 3.63) is 0 Å². The Bertz CT molecular complexity index is 140. The minimum atomic E-state index is -0.915. The lowest BCUT2D eigenvalue weighted by atomic mass is 10.7. The minimum Gasteiger partial charge on any atom is -0.481 e. The molecule has 0 aromatic carbocycles. The van der Waals surface area contributed by atoms with Gasteiger partial charge in [-0.15, -0.1) is 0 Å². The minimum absolute atomic E-state index is 0.125. The van der Waals surface area contributed by atoms with Crippen LogP contribution in [0.4, 0.5) is 0 Å². The van der Waals surface area contributed by atoms with Gasteiger partial charge < -0.3 is 25.2 Å². The average Bonchev–Trinajstić information content (AvgIpc) is 2.14. The molecule has 15 heavy (non-hydrogen) atoms. The lowest BCUT2D eigenvalue weighted by Crippen LogP contribution is -2.05. The summed E-state index contributed by atoms with van der Waals surface area (Å²) in [5.74, 6) is -1.75. The fraction of sp³-hybridized carbons (Fsp3) is 0.750. The van der Waals surface area contributed by atoms with Crippen molar-refractivity contribution in [1.82, 2.24) is 0 Å². The summed E-state index contributed by atoms with van der Waals surface area (Å²) in [5, 5.41) is 30.6. The second-order valence-corrected chi connectivity index (χ2v) is 2.00. The third kappa shape index (κ3) is 103. The highest BCUT2D eigenvalue weighted by Gasteiger charge is 1.90. The van der Waals surface area contributed by atoms with Gasteiger partial charge in [0.2, 0.25) is 0 Å². The molecule has 0 amide bonds. The molecule has 7 heteroatoms. The fourth-order valence-electron chi connectivity index (χ4n) is 0.189. The van der Waals surface area contributed by atoms with Crippen LogP contribution >= 0.6 is 0 Å². The predicted octanol–water partition coefficient (Wildman–Crippen LogP) is -0.831. The van der Waals surface area contributed by atoms with E-state index in [1.54, 1.807) is 6.92 Å². The number of aliphatic carboxylic acids is 2. The summed E-state index contributed by atoms with van der Waals surface area (Å²) >= 11 is 0. The number of aliphatic hydroxyl groups is 2. The fourth-order valence-corrected chi connectivity index (χ4v) is 0.189. The van der Waals surface area contributed by atoms with Crippen molar-refractivity contribution in [2.45, 2.75) is 13.8 Å². The number of carbonyl (C=O) groups is 2. The van der Waals surface area contributed by atoms with Crippen LogP contribution in [0.25, 0.3) is 0 Å². The molecule has 7 nitrogen and oxygen atoms in total. The number of rotatable bonds is 4. The summed E-state index contributed by atoms with van der Waals surface area (Å²) < 4.78 is 4.50. The zero-order valence-electron chi connectivity index (χ0n) is 8.84. The van der Waals surface area contributed by atoms with Gasteiger partial charge in [0.1, 0.15) is 6.61 Å². The van der Waals surface area contributed by atoms with Gasteiger partial charge in [-0.2, -0.15) is 0 Å². The standard InChI is InChI=1S/C4H8O3.C2H4O2.C2H6O2/c1-2-7-3-4(5)6;1-2(3)4;3-1-2-4/h2-3H2,1H3,(H,5,6);1H3,(H,3,4);3-4H,1-2H2. The van der Waals surface area contributed by atoms with E-state index in [4.69, 9.17) is 25.2 Å². The highest BCUT2D eigenvalue weighted by atomic mass is 16.5. The van der Waals surface area contributed by atoms with Gasteiger partial charge in [0.25, 0.3) is 5.97 Å². The summed E-state index contributed by atoms with van der Waals surface area (Å²) in [5.41, 5.74) is 0.